The number of esters is 2. The van der Waals surface area contributed by atoms with Crippen molar-refractivity contribution in [3.8, 4) is 17.6 Å². The molecule has 0 amide bonds. The highest BCUT2D eigenvalue weighted by atomic mass is 32.2. The number of nitriles is 1. The van der Waals surface area contributed by atoms with E-state index >= 15 is 0 Å². The Labute approximate surface area is 372 Å². The molecule has 63 heavy (non-hydrogen) atoms. The summed E-state index contributed by atoms with van der Waals surface area (Å²) in [4.78, 5) is 23.9. The molecule has 19 heteroatoms. The van der Waals surface area contributed by atoms with E-state index in [1.807, 2.05) is 93.6 Å². The third-order valence-electron chi connectivity index (χ3n) is 8.20. The zero-order chi connectivity index (χ0) is 47.3. The number of nitrogens with one attached hydrogen (secondary N) is 1. The van der Waals surface area contributed by atoms with Crippen molar-refractivity contribution < 1.29 is 58.0 Å². The Hall–Kier alpha value is -5.62. The van der Waals surface area contributed by atoms with Gasteiger partial charge in [0.05, 0.1) is 63.2 Å². The number of nitrogens with zero attached hydrogens (tertiary/aromatic N) is 1. The third-order valence-corrected chi connectivity index (χ3v) is 10.1. The van der Waals surface area contributed by atoms with Crippen LogP contribution in [0, 0.1) is 18.3 Å². The van der Waals surface area contributed by atoms with Crippen LogP contribution in [0.4, 0.5) is 0 Å². The van der Waals surface area contributed by atoms with Crippen LogP contribution in [0.3, 0.4) is 0 Å². The molecule has 0 radical (unpaired) electrons. The van der Waals surface area contributed by atoms with E-state index in [9.17, 15) is 34.8 Å². The Morgan fingerprint density at radius 2 is 1.05 bits per heavy atom. The Kier molecular flexibility index (Phi) is 25.0. The number of sulfonamides is 2. The highest BCUT2D eigenvalue weighted by Gasteiger charge is 2.18. The number of rotatable bonds is 12. The van der Waals surface area contributed by atoms with Crippen molar-refractivity contribution in [1.29, 1.82) is 5.26 Å². The van der Waals surface area contributed by atoms with E-state index in [1.165, 1.54) is 19.1 Å². The Balaban J connectivity index is 0.000000863. The summed E-state index contributed by atoms with van der Waals surface area (Å²) in [6, 6.07) is 31.5. The van der Waals surface area contributed by atoms with E-state index in [2.05, 4.69) is 14.0 Å². The number of nitrogens with two attached hydrogens (primary N) is 1. The fourth-order valence-electron chi connectivity index (χ4n) is 4.95. The number of carbonyl (C=O) groups excluding carboxylic acids is 2. The number of primary sulfonamides is 1. The van der Waals surface area contributed by atoms with Gasteiger partial charge in [-0.2, -0.15) is 18.4 Å². The van der Waals surface area contributed by atoms with Gasteiger partial charge in [-0.1, -0.05) is 73.7 Å². The van der Waals surface area contributed by atoms with Crippen LogP contribution in [0.25, 0.3) is 21.5 Å². The van der Waals surface area contributed by atoms with Gasteiger partial charge in [-0.05, 0) is 96.8 Å². The first kappa shape index (κ1) is 57.4. The second-order valence-corrected chi connectivity index (χ2v) is 18.4. The molecule has 0 spiro atoms. The fourth-order valence-corrected chi connectivity index (χ4v) is 5.89. The molecule has 5 aromatic rings. The van der Waals surface area contributed by atoms with Crippen molar-refractivity contribution in [3.05, 3.63) is 114 Å². The van der Waals surface area contributed by atoms with Crippen molar-refractivity contribution in [2.45, 2.75) is 58.8 Å². The quantitative estimate of drug-likeness (QED) is 0.0733. The minimum atomic E-state index is -3.51. The van der Waals surface area contributed by atoms with E-state index in [0.29, 0.717) is 6.61 Å². The van der Waals surface area contributed by atoms with Crippen molar-refractivity contribution in [2.24, 2.45) is 5.14 Å². The molecule has 0 aliphatic rings. The molecule has 0 saturated carbocycles. The number of fused-ring (bicyclic) bond motifs is 2. The molecular weight excluding hydrogens is 875 g/mol. The SMILES string of the molecule is C.CC#N.CCOC(=O)C(C)c1ccc2cc(OC)ccc2c1.COS(=O)(=O)c1ccc(C)cc1.COc1ccc2cc(C(C)C(=O)OCNS(C)(=O)=O)ccc2c1.CS(N)(=O)=O. The molecule has 0 aliphatic carbocycles. The van der Waals surface area contributed by atoms with Crippen LogP contribution in [0.1, 0.15) is 63.6 Å². The van der Waals surface area contributed by atoms with Crippen molar-refractivity contribution in [3.63, 3.8) is 0 Å². The molecule has 0 fully saturated rings. The van der Waals surface area contributed by atoms with Gasteiger partial charge in [-0.15, -0.1) is 0 Å². The maximum Gasteiger partial charge on any atom is 0.314 e. The van der Waals surface area contributed by atoms with Gasteiger partial charge >= 0.3 is 11.9 Å². The lowest BCUT2D eigenvalue weighted by molar-refractivity contribution is -0.145. The number of ether oxygens (including phenoxy) is 4. The number of benzene rings is 5. The summed E-state index contributed by atoms with van der Waals surface area (Å²) in [5.74, 6) is 0.182. The summed E-state index contributed by atoms with van der Waals surface area (Å²) in [5.41, 5.74) is 2.79. The molecule has 16 nitrogen and oxygen atoms in total. The molecule has 5 rings (SSSR count). The first-order valence-electron chi connectivity index (χ1n) is 18.5. The maximum atomic E-state index is 12.0. The number of hydrogen-bond acceptors (Lipinski definition) is 14. The molecule has 0 bridgehead atoms. The predicted molar refractivity (Wildman–Crippen MR) is 246 cm³/mol. The van der Waals surface area contributed by atoms with Gasteiger partial charge in [0, 0.05) is 6.92 Å². The van der Waals surface area contributed by atoms with Crippen LogP contribution < -0.4 is 19.3 Å². The number of carbonyl (C=O) groups is 2. The Bertz CT molecular complexity index is 2610. The van der Waals surface area contributed by atoms with Gasteiger partial charge in [-0.3, -0.25) is 13.8 Å². The van der Waals surface area contributed by atoms with Gasteiger partial charge in [0.2, 0.25) is 20.0 Å². The van der Waals surface area contributed by atoms with Gasteiger partial charge < -0.3 is 18.9 Å². The Morgan fingerprint density at radius 3 is 1.40 bits per heavy atom. The zero-order valence-corrected chi connectivity index (χ0v) is 38.8. The van der Waals surface area contributed by atoms with Crippen LogP contribution in [0.5, 0.6) is 11.5 Å². The molecule has 0 saturated heterocycles. The standard InChI is InChI=1S/C16H19NO5S.C16H18O3.C8H10O3S.C2H3N.CH5NO2S.CH4/c1-11(16(18)22-10-17-23(3,19)20)12-4-5-14-9-15(21-2)7-6-13(14)8-12;1-4-19-16(17)11(2)12-5-6-14-10-15(18-3)8-7-13(14)9-12;1-7-3-5-8(6-4-7)12(9,10)11-2;1-2-3;1-5(2,3)4;/h4-9,11,17H,10H2,1-3H3;5-11H,4H2,1-3H3;3-6H,1-2H3;1H3;1H3,(H2,2,3,4);1H4. The number of hydrogen-bond donors (Lipinski definition) is 2. The summed E-state index contributed by atoms with van der Waals surface area (Å²) in [5, 5.41) is 15.8. The van der Waals surface area contributed by atoms with Gasteiger partial charge in [-0.25, -0.2) is 22.0 Å². The Morgan fingerprint density at radius 1 is 0.683 bits per heavy atom. The van der Waals surface area contributed by atoms with Crippen LogP contribution in [0.2, 0.25) is 0 Å². The van der Waals surface area contributed by atoms with Crippen molar-refractivity contribution >= 4 is 63.6 Å². The number of aryl methyl sites for hydroxylation is 1. The lowest BCUT2D eigenvalue weighted by atomic mass is 9.98. The average molecular weight is 934 g/mol. The monoisotopic (exact) mass is 933 g/mol. The van der Waals surface area contributed by atoms with E-state index < -0.39 is 42.1 Å². The largest absolute Gasteiger partial charge is 0.497 e. The average Bonchev–Trinajstić information content (AvgIpc) is 3.22. The van der Waals surface area contributed by atoms with Gasteiger partial charge in [0.1, 0.15) is 11.5 Å². The van der Waals surface area contributed by atoms with Gasteiger partial charge in [0.15, 0.2) is 6.73 Å². The second kappa shape index (κ2) is 27.4. The molecule has 0 aromatic heterocycles. The second-order valence-electron chi connectivity index (χ2n) is 13.2. The molecule has 3 N–H and O–H groups in total. The predicted octanol–water partition coefficient (Wildman–Crippen LogP) is 6.92. The summed E-state index contributed by atoms with van der Waals surface area (Å²) >= 11 is 0. The van der Waals surface area contributed by atoms with E-state index in [4.69, 9.17) is 24.2 Å². The van der Waals surface area contributed by atoms with Crippen molar-refractivity contribution in [1.82, 2.24) is 4.72 Å². The molecule has 0 aliphatic heterocycles. The summed E-state index contributed by atoms with van der Waals surface area (Å²) in [6.45, 7) is 8.76. The minimum absolute atomic E-state index is 0. The smallest absolute Gasteiger partial charge is 0.314 e. The molecule has 346 valence electrons. The van der Waals surface area contributed by atoms with Crippen LogP contribution in [-0.2, 0) is 53.4 Å². The molecule has 0 heterocycles. The molecular formula is C44H59N3O13S3. The van der Waals surface area contributed by atoms with Crippen LogP contribution >= 0.6 is 0 Å². The van der Waals surface area contributed by atoms with Crippen LogP contribution in [-0.4, -0.2) is 84.4 Å². The minimum Gasteiger partial charge on any atom is -0.497 e. The highest BCUT2D eigenvalue weighted by molar-refractivity contribution is 7.88. The summed E-state index contributed by atoms with van der Waals surface area (Å²) in [6.07, 6.45) is 1.94. The van der Waals surface area contributed by atoms with E-state index in [1.54, 1.807) is 39.3 Å². The first-order valence-corrected chi connectivity index (χ1v) is 23.8. The normalized spacial score (nSPS) is 11.6. The van der Waals surface area contributed by atoms with Crippen LogP contribution in [0.15, 0.2) is 102 Å². The lowest BCUT2D eigenvalue weighted by Gasteiger charge is -2.13. The summed E-state index contributed by atoms with van der Waals surface area (Å²) in [7, 11) is -5.66. The van der Waals surface area contributed by atoms with Gasteiger partial charge in [0.25, 0.3) is 10.1 Å². The van der Waals surface area contributed by atoms with Crippen molar-refractivity contribution in [2.75, 3.05) is 47.2 Å². The lowest BCUT2D eigenvalue weighted by Crippen LogP contribution is -2.27. The highest BCUT2D eigenvalue weighted by Crippen LogP contribution is 2.27. The zero-order valence-electron chi connectivity index (χ0n) is 36.4. The molecule has 5 aromatic carbocycles. The molecule has 2 unspecified atom stereocenters. The van der Waals surface area contributed by atoms with E-state index in [0.717, 1.165) is 69.4 Å². The fraction of sp³-hybridized carbons (Fsp3) is 0.341. The maximum absolute atomic E-state index is 12.0. The molecule has 2 atom stereocenters. The third kappa shape index (κ3) is 21.8. The summed E-state index contributed by atoms with van der Waals surface area (Å²) < 4.78 is 89.7. The van der Waals surface area contributed by atoms with E-state index in [-0.39, 0.29) is 30.9 Å². The number of methoxy groups -OCH3 is 2. The first-order chi connectivity index (χ1) is 28.9. The topological polar surface area (TPSA) is 245 Å².